The Hall–Kier alpha value is -0.530. The summed E-state index contributed by atoms with van der Waals surface area (Å²) in [5.41, 5.74) is -0.356. The van der Waals surface area contributed by atoms with Gasteiger partial charge in [0, 0.05) is 0 Å². The molecular formula is C16H32O2. The molecule has 0 aromatic rings. The summed E-state index contributed by atoms with van der Waals surface area (Å²) in [6, 6.07) is 0. The van der Waals surface area contributed by atoms with E-state index in [0.717, 1.165) is 12.8 Å². The van der Waals surface area contributed by atoms with Crippen LogP contribution in [0.2, 0.25) is 0 Å². The van der Waals surface area contributed by atoms with E-state index in [1.165, 1.54) is 38.5 Å². The van der Waals surface area contributed by atoms with Crippen molar-refractivity contribution in [1.82, 2.24) is 0 Å². The second-order valence-electron chi connectivity index (χ2n) is 6.34. The van der Waals surface area contributed by atoms with Gasteiger partial charge in [-0.15, -0.1) is 0 Å². The number of hydrogen-bond acceptors (Lipinski definition) is 2. The van der Waals surface area contributed by atoms with Crippen LogP contribution in [-0.2, 0) is 9.53 Å². The molecule has 0 fully saturated rings. The van der Waals surface area contributed by atoms with Crippen molar-refractivity contribution in [2.75, 3.05) is 0 Å². The summed E-state index contributed by atoms with van der Waals surface area (Å²) in [5.74, 6) is -0.00616. The first-order valence-electron chi connectivity index (χ1n) is 7.59. The summed E-state index contributed by atoms with van der Waals surface area (Å²) in [6.07, 6.45) is 10.0. The van der Waals surface area contributed by atoms with E-state index in [1.54, 1.807) is 0 Å². The Morgan fingerprint density at radius 3 is 2.00 bits per heavy atom. The topological polar surface area (TPSA) is 26.3 Å². The molecule has 0 amide bonds. The summed E-state index contributed by atoms with van der Waals surface area (Å²) in [5, 5.41) is 0. The number of esters is 1. The maximum atomic E-state index is 11.7. The number of hydrogen-bond donors (Lipinski definition) is 0. The molecule has 2 nitrogen and oxygen atoms in total. The SMILES string of the molecule is CCCCCCCCCC(C)C(=O)OC(C)(C)C. The smallest absolute Gasteiger partial charge is 0.309 e. The Bertz CT molecular complexity index is 216. The Morgan fingerprint density at radius 1 is 1.00 bits per heavy atom. The van der Waals surface area contributed by atoms with Crippen molar-refractivity contribution in [3.63, 3.8) is 0 Å². The van der Waals surface area contributed by atoms with Crippen molar-refractivity contribution < 1.29 is 9.53 Å². The molecule has 0 spiro atoms. The predicted octanol–water partition coefficient (Wildman–Crippen LogP) is 5.10. The molecule has 1 atom stereocenters. The lowest BCUT2D eigenvalue weighted by molar-refractivity contribution is -0.159. The van der Waals surface area contributed by atoms with E-state index in [0.29, 0.717) is 0 Å². The largest absolute Gasteiger partial charge is 0.460 e. The zero-order valence-corrected chi connectivity index (χ0v) is 13.1. The van der Waals surface area contributed by atoms with Crippen LogP contribution in [0.4, 0.5) is 0 Å². The number of carbonyl (C=O) groups is 1. The summed E-state index contributed by atoms with van der Waals surface area (Å²) in [6.45, 7) is 9.98. The highest BCUT2D eigenvalue weighted by molar-refractivity contribution is 5.72. The Labute approximate surface area is 113 Å². The van der Waals surface area contributed by atoms with Crippen molar-refractivity contribution in [3.05, 3.63) is 0 Å². The Balaban J connectivity index is 3.52. The van der Waals surface area contributed by atoms with E-state index in [2.05, 4.69) is 6.92 Å². The van der Waals surface area contributed by atoms with Crippen LogP contribution in [0.1, 0.15) is 86.0 Å². The predicted molar refractivity (Wildman–Crippen MR) is 77.6 cm³/mol. The molecule has 18 heavy (non-hydrogen) atoms. The van der Waals surface area contributed by atoms with E-state index in [9.17, 15) is 4.79 Å². The van der Waals surface area contributed by atoms with E-state index in [4.69, 9.17) is 4.74 Å². The van der Waals surface area contributed by atoms with Gasteiger partial charge in [-0.05, 0) is 27.2 Å². The number of unbranched alkanes of at least 4 members (excludes halogenated alkanes) is 6. The van der Waals surface area contributed by atoms with Gasteiger partial charge in [-0.3, -0.25) is 4.79 Å². The molecule has 0 saturated carbocycles. The average molecular weight is 256 g/mol. The van der Waals surface area contributed by atoms with Gasteiger partial charge in [0.2, 0.25) is 0 Å². The third kappa shape index (κ3) is 10.6. The Morgan fingerprint density at radius 2 is 1.50 bits per heavy atom. The first-order valence-corrected chi connectivity index (χ1v) is 7.59. The molecule has 0 aliphatic carbocycles. The van der Waals surface area contributed by atoms with E-state index in [-0.39, 0.29) is 17.5 Å². The number of ether oxygens (including phenoxy) is 1. The lowest BCUT2D eigenvalue weighted by Gasteiger charge is -2.22. The number of carbonyl (C=O) groups excluding carboxylic acids is 1. The molecule has 0 aromatic heterocycles. The molecule has 0 heterocycles. The van der Waals surface area contributed by atoms with Gasteiger partial charge in [0.25, 0.3) is 0 Å². The molecule has 108 valence electrons. The van der Waals surface area contributed by atoms with Gasteiger partial charge in [-0.1, -0.05) is 58.8 Å². The fourth-order valence-electron chi connectivity index (χ4n) is 1.93. The molecule has 0 rings (SSSR count). The monoisotopic (exact) mass is 256 g/mol. The standard InChI is InChI=1S/C16H32O2/c1-6-7-8-9-10-11-12-13-14(2)15(17)18-16(3,4)5/h14H,6-13H2,1-5H3. The summed E-state index contributed by atoms with van der Waals surface area (Å²) in [4.78, 5) is 11.7. The highest BCUT2D eigenvalue weighted by Crippen LogP contribution is 2.17. The van der Waals surface area contributed by atoms with Crippen molar-refractivity contribution in [1.29, 1.82) is 0 Å². The van der Waals surface area contributed by atoms with E-state index < -0.39 is 0 Å². The summed E-state index contributed by atoms with van der Waals surface area (Å²) >= 11 is 0. The van der Waals surface area contributed by atoms with Gasteiger partial charge in [-0.2, -0.15) is 0 Å². The van der Waals surface area contributed by atoms with Crippen LogP contribution in [0, 0.1) is 5.92 Å². The normalized spacial score (nSPS) is 13.4. The lowest BCUT2D eigenvalue weighted by Crippen LogP contribution is -2.27. The van der Waals surface area contributed by atoms with E-state index in [1.807, 2.05) is 27.7 Å². The van der Waals surface area contributed by atoms with Crippen LogP contribution in [0.25, 0.3) is 0 Å². The van der Waals surface area contributed by atoms with Crippen LogP contribution in [0.3, 0.4) is 0 Å². The minimum atomic E-state index is -0.356. The molecule has 0 radical (unpaired) electrons. The molecule has 0 aliphatic rings. The molecule has 0 bridgehead atoms. The van der Waals surface area contributed by atoms with Crippen LogP contribution in [0.15, 0.2) is 0 Å². The van der Waals surface area contributed by atoms with Crippen molar-refractivity contribution >= 4 is 5.97 Å². The van der Waals surface area contributed by atoms with Gasteiger partial charge >= 0.3 is 5.97 Å². The molecule has 2 heteroatoms. The van der Waals surface area contributed by atoms with Gasteiger partial charge in [-0.25, -0.2) is 0 Å². The van der Waals surface area contributed by atoms with Crippen LogP contribution in [0.5, 0.6) is 0 Å². The van der Waals surface area contributed by atoms with Crippen LogP contribution in [-0.4, -0.2) is 11.6 Å². The molecular weight excluding hydrogens is 224 g/mol. The van der Waals surface area contributed by atoms with E-state index >= 15 is 0 Å². The highest BCUT2D eigenvalue weighted by Gasteiger charge is 2.20. The highest BCUT2D eigenvalue weighted by atomic mass is 16.6. The van der Waals surface area contributed by atoms with Crippen LogP contribution < -0.4 is 0 Å². The van der Waals surface area contributed by atoms with Gasteiger partial charge < -0.3 is 4.74 Å². The average Bonchev–Trinajstić information content (AvgIpc) is 2.25. The lowest BCUT2D eigenvalue weighted by atomic mass is 10.0. The van der Waals surface area contributed by atoms with Crippen LogP contribution >= 0.6 is 0 Å². The fraction of sp³-hybridized carbons (Fsp3) is 0.938. The Kier molecular flexibility index (Phi) is 9.13. The fourth-order valence-corrected chi connectivity index (χ4v) is 1.93. The first-order chi connectivity index (χ1) is 8.37. The van der Waals surface area contributed by atoms with Gasteiger partial charge in [0.1, 0.15) is 5.60 Å². The maximum absolute atomic E-state index is 11.7. The van der Waals surface area contributed by atoms with Crippen molar-refractivity contribution in [3.8, 4) is 0 Å². The van der Waals surface area contributed by atoms with Gasteiger partial charge in [0.05, 0.1) is 5.92 Å². The second-order valence-corrected chi connectivity index (χ2v) is 6.34. The zero-order valence-electron chi connectivity index (χ0n) is 13.1. The molecule has 0 aliphatic heterocycles. The molecule has 1 unspecified atom stereocenters. The van der Waals surface area contributed by atoms with Crippen molar-refractivity contribution in [2.24, 2.45) is 5.92 Å². The second kappa shape index (κ2) is 9.41. The summed E-state index contributed by atoms with van der Waals surface area (Å²) < 4.78 is 5.37. The third-order valence-corrected chi connectivity index (χ3v) is 3.05. The van der Waals surface area contributed by atoms with Crippen molar-refractivity contribution in [2.45, 2.75) is 91.6 Å². The quantitative estimate of drug-likeness (QED) is 0.423. The van der Waals surface area contributed by atoms with Gasteiger partial charge in [0.15, 0.2) is 0 Å². The zero-order chi connectivity index (χ0) is 14.0. The molecule has 0 aromatic carbocycles. The first kappa shape index (κ1) is 17.5. The molecule has 0 N–H and O–H groups in total. The summed E-state index contributed by atoms with van der Waals surface area (Å²) in [7, 11) is 0. The molecule has 0 saturated heterocycles. The third-order valence-electron chi connectivity index (χ3n) is 3.05. The minimum Gasteiger partial charge on any atom is -0.460 e. The number of rotatable bonds is 9. The minimum absolute atomic E-state index is 0.0415. The maximum Gasteiger partial charge on any atom is 0.309 e.